The van der Waals surface area contributed by atoms with Crippen molar-refractivity contribution < 1.29 is 15.3 Å². The minimum absolute atomic E-state index is 0. The molecule has 1 aliphatic heterocycles. The number of nitrogens with one attached hydrogen (secondary N) is 1. The van der Waals surface area contributed by atoms with Crippen LogP contribution in [-0.2, 0) is 13.0 Å². The third kappa shape index (κ3) is 6.02. The van der Waals surface area contributed by atoms with Gasteiger partial charge in [-0.2, -0.15) is 0 Å². The Hall–Kier alpha value is -3.11. The molecule has 0 saturated carbocycles. The van der Waals surface area contributed by atoms with Gasteiger partial charge in [0.1, 0.15) is 5.82 Å². The molecule has 9 nitrogen and oxygen atoms in total. The summed E-state index contributed by atoms with van der Waals surface area (Å²) in [6.45, 7) is 7.92. The molecule has 3 rings (SSSR count). The fourth-order valence-corrected chi connectivity index (χ4v) is 4.10. The van der Waals surface area contributed by atoms with Gasteiger partial charge in [0.2, 0.25) is 0 Å². The van der Waals surface area contributed by atoms with Gasteiger partial charge in [-0.15, -0.1) is 5.10 Å². The summed E-state index contributed by atoms with van der Waals surface area (Å²) in [5.41, 5.74) is 11.1. The molecule has 0 spiro atoms. The highest BCUT2D eigenvalue weighted by Gasteiger charge is 2.24. The van der Waals surface area contributed by atoms with E-state index in [1.54, 1.807) is 20.4 Å². The van der Waals surface area contributed by atoms with Crippen LogP contribution in [0.1, 0.15) is 32.1 Å². The second-order valence-corrected chi connectivity index (χ2v) is 8.49. The molecule has 1 saturated heterocycles. The molecule has 0 bridgehead atoms. The van der Waals surface area contributed by atoms with Crippen LogP contribution in [0.4, 0.5) is 10.1 Å². The van der Waals surface area contributed by atoms with E-state index in [0.29, 0.717) is 37.1 Å². The molecule has 1 aliphatic rings. The number of anilines is 1. The van der Waals surface area contributed by atoms with Crippen LogP contribution in [0, 0.1) is 11.7 Å². The van der Waals surface area contributed by atoms with Crippen LogP contribution in [-0.4, -0.2) is 56.1 Å². The topological polar surface area (TPSA) is 114 Å². The number of ether oxygens (including phenoxy) is 2. The normalized spacial score (nSPS) is 15.1. The largest absolute Gasteiger partial charge is 0.493 e. The number of rotatable bonds is 9. The van der Waals surface area contributed by atoms with Crippen LogP contribution in [0.15, 0.2) is 29.5 Å². The molecule has 5 N–H and O–H groups in total. The zero-order valence-electron chi connectivity index (χ0n) is 19.8. The molecule has 182 valence electrons. The minimum Gasteiger partial charge on any atom is -0.493 e. The monoisotopic (exact) mass is 461 g/mol. The van der Waals surface area contributed by atoms with Gasteiger partial charge in [-0.25, -0.2) is 15.8 Å². The SMILES string of the molecule is COc1cnc(CN2CCN(c3cc(CC(C)C)cc(F)c3/C(N)=N/NN)CC2)cc1OC.[HH]. The highest BCUT2D eigenvalue weighted by molar-refractivity contribution is 6.02. The Morgan fingerprint density at radius 3 is 2.48 bits per heavy atom. The highest BCUT2D eigenvalue weighted by atomic mass is 19.1. The maximum Gasteiger partial charge on any atom is 0.179 e. The van der Waals surface area contributed by atoms with Crippen LogP contribution in [0.25, 0.3) is 0 Å². The predicted octanol–water partition coefficient (Wildman–Crippen LogP) is 2.09. The number of amidine groups is 1. The summed E-state index contributed by atoms with van der Waals surface area (Å²) in [4.78, 5) is 8.93. The predicted molar refractivity (Wildman–Crippen MR) is 130 cm³/mol. The lowest BCUT2D eigenvalue weighted by Crippen LogP contribution is -2.46. The number of hydrazone groups is 1. The molecule has 0 atom stereocenters. The van der Waals surface area contributed by atoms with E-state index in [2.05, 4.69) is 39.3 Å². The summed E-state index contributed by atoms with van der Waals surface area (Å²) < 4.78 is 25.7. The summed E-state index contributed by atoms with van der Waals surface area (Å²) in [6, 6.07) is 5.45. The molecule has 10 heteroatoms. The number of hydrazine groups is 1. The van der Waals surface area contributed by atoms with E-state index in [4.69, 9.17) is 21.1 Å². The zero-order valence-corrected chi connectivity index (χ0v) is 19.8. The minimum atomic E-state index is -0.392. The molecule has 33 heavy (non-hydrogen) atoms. The van der Waals surface area contributed by atoms with Gasteiger partial charge in [0.15, 0.2) is 17.3 Å². The maximum atomic E-state index is 15.1. The summed E-state index contributed by atoms with van der Waals surface area (Å²) in [5, 5.41) is 3.82. The van der Waals surface area contributed by atoms with Gasteiger partial charge >= 0.3 is 0 Å². The first kappa shape index (κ1) is 24.5. The maximum absolute atomic E-state index is 15.1. The van der Waals surface area contributed by atoms with E-state index < -0.39 is 5.82 Å². The standard InChI is InChI=1S/C23H34FN7O2.H2/c1-15(2)9-16-10-18(24)22(23(25)28-29-26)19(11-16)31-7-5-30(6-8-31)14-17-12-20(32-3)21(33-4)13-27-17;/h10-13,15,29H,5-9,14,26H2,1-4H3,(H2,25,28);1H. The molecule has 2 aromatic rings. The first-order chi connectivity index (χ1) is 15.9. The van der Waals surface area contributed by atoms with E-state index in [1.165, 1.54) is 6.07 Å². The Morgan fingerprint density at radius 1 is 1.18 bits per heavy atom. The first-order valence-corrected chi connectivity index (χ1v) is 11.0. The molecule has 0 unspecified atom stereocenters. The van der Waals surface area contributed by atoms with Gasteiger partial charge in [-0.1, -0.05) is 13.8 Å². The van der Waals surface area contributed by atoms with E-state index in [1.807, 2.05) is 12.1 Å². The molecular weight excluding hydrogens is 425 g/mol. The third-order valence-corrected chi connectivity index (χ3v) is 5.64. The molecule has 1 fully saturated rings. The molecule has 0 radical (unpaired) electrons. The average molecular weight is 462 g/mol. The van der Waals surface area contributed by atoms with Gasteiger partial charge in [0.05, 0.1) is 37.4 Å². The molecule has 0 amide bonds. The van der Waals surface area contributed by atoms with Crippen molar-refractivity contribution in [3.63, 3.8) is 0 Å². The fraction of sp³-hybridized carbons (Fsp3) is 0.478. The number of piperazine rings is 1. The lowest BCUT2D eigenvalue weighted by molar-refractivity contribution is 0.246. The molecule has 0 aliphatic carbocycles. The van der Waals surface area contributed by atoms with Crippen LogP contribution in [0.5, 0.6) is 11.5 Å². The summed E-state index contributed by atoms with van der Waals surface area (Å²) >= 11 is 0. The number of methoxy groups -OCH3 is 2. The van der Waals surface area contributed by atoms with Gasteiger partial charge < -0.3 is 20.1 Å². The van der Waals surface area contributed by atoms with E-state index >= 15 is 4.39 Å². The Bertz CT molecular complexity index is 982. The highest BCUT2D eigenvalue weighted by Crippen LogP contribution is 2.29. The number of hydrogen-bond donors (Lipinski definition) is 3. The molecule has 2 heterocycles. The Labute approximate surface area is 196 Å². The summed E-state index contributed by atoms with van der Waals surface area (Å²) in [6.07, 6.45) is 2.45. The zero-order chi connectivity index (χ0) is 24.0. The fourth-order valence-electron chi connectivity index (χ4n) is 4.10. The number of nitrogens with two attached hydrogens (primary N) is 2. The summed E-state index contributed by atoms with van der Waals surface area (Å²) in [7, 11) is 3.20. The van der Waals surface area contributed by atoms with E-state index in [0.717, 1.165) is 36.5 Å². The Balaban J connectivity index is 0.00000408. The van der Waals surface area contributed by atoms with Crippen molar-refractivity contribution in [1.82, 2.24) is 15.4 Å². The van der Waals surface area contributed by atoms with Crippen LogP contribution >= 0.6 is 0 Å². The van der Waals surface area contributed by atoms with Gasteiger partial charge in [-0.3, -0.25) is 9.88 Å². The quantitative estimate of drug-likeness (QED) is 0.225. The van der Waals surface area contributed by atoms with E-state index in [-0.39, 0.29) is 12.8 Å². The third-order valence-electron chi connectivity index (χ3n) is 5.64. The molecule has 1 aromatic carbocycles. The van der Waals surface area contributed by atoms with Gasteiger partial charge in [0, 0.05) is 40.2 Å². The van der Waals surface area contributed by atoms with Crippen LogP contribution < -0.4 is 31.5 Å². The Morgan fingerprint density at radius 2 is 1.88 bits per heavy atom. The number of benzene rings is 1. The average Bonchev–Trinajstić information content (AvgIpc) is 2.78. The van der Waals surface area contributed by atoms with Crippen LogP contribution in [0.3, 0.4) is 0 Å². The lowest BCUT2D eigenvalue weighted by atomic mass is 9.98. The number of halogens is 1. The second-order valence-electron chi connectivity index (χ2n) is 8.49. The first-order valence-electron chi connectivity index (χ1n) is 11.0. The number of hydrogen-bond acceptors (Lipinski definition) is 8. The van der Waals surface area contributed by atoms with Crippen molar-refractivity contribution >= 4 is 11.5 Å². The number of aromatic nitrogens is 1. The van der Waals surface area contributed by atoms with E-state index in [9.17, 15) is 0 Å². The van der Waals surface area contributed by atoms with Crippen molar-refractivity contribution in [2.45, 2.75) is 26.8 Å². The van der Waals surface area contributed by atoms with Crippen molar-refractivity contribution in [2.24, 2.45) is 22.6 Å². The Kier molecular flexibility index (Phi) is 8.29. The molecule has 1 aromatic heterocycles. The number of nitrogens with zero attached hydrogens (tertiary/aromatic N) is 4. The van der Waals surface area contributed by atoms with Crippen LogP contribution in [0.2, 0.25) is 0 Å². The summed E-state index contributed by atoms with van der Waals surface area (Å²) in [5.74, 6) is 6.59. The second kappa shape index (κ2) is 11.2. The van der Waals surface area contributed by atoms with Gasteiger partial charge in [0.25, 0.3) is 0 Å². The van der Waals surface area contributed by atoms with Crippen molar-refractivity contribution in [3.05, 3.63) is 47.0 Å². The van der Waals surface area contributed by atoms with Crippen molar-refractivity contribution in [2.75, 3.05) is 45.3 Å². The number of pyridine rings is 1. The van der Waals surface area contributed by atoms with Crippen molar-refractivity contribution in [3.8, 4) is 11.5 Å². The molecular formula is C23H36FN7O2. The van der Waals surface area contributed by atoms with Gasteiger partial charge in [-0.05, 0) is 30.0 Å². The van der Waals surface area contributed by atoms with Crippen molar-refractivity contribution in [1.29, 1.82) is 0 Å². The smallest absolute Gasteiger partial charge is 0.179 e. The lowest BCUT2D eigenvalue weighted by Gasteiger charge is -2.37.